The molecular weight excluding hydrogens is 218 g/mol. The monoisotopic (exact) mass is 237 g/mol. The summed E-state index contributed by atoms with van der Waals surface area (Å²) >= 11 is 0. The third-order valence-corrected chi connectivity index (χ3v) is 2.45. The molecule has 4 nitrogen and oxygen atoms in total. The van der Waals surface area contributed by atoms with Gasteiger partial charge in [0.05, 0.1) is 19.4 Å². The Bertz CT molecular complexity index is 377. The molecule has 1 aromatic rings. The number of hydrogen-bond donors (Lipinski definition) is 1. The van der Waals surface area contributed by atoms with Crippen LogP contribution in [-0.4, -0.2) is 19.7 Å². The van der Waals surface area contributed by atoms with Crippen molar-refractivity contribution in [3.8, 4) is 5.75 Å². The highest BCUT2D eigenvalue weighted by Gasteiger charge is 2.15. The van der Waals surface area contributed by atoms with Gasteiger partial charge in [-0.1, -0.05) is 25.8 Å². The number of carbonyl (C=O) groups excluding carboxylic acids is 1. The first-order chi connectivity index (χ1) is 8.20. The number of nitrogen functional groups attached to an aromatic ring is 1. The van der Waals surface area contributed by atoms with E-state index in [-0.39, 0.29) is 0 Å². The summed E-state index contributed by atoms with van der Waals surface area (Å²) in [7, 11) is 1.34. The van der Waals surface area contributed by atoms with Crippen molar-refractivity contribution in [2.24, 2.45) is 0 Å². The maximum absolute atomic E-state index is 11.5. The molecule has 0 aromatic heterocycles. The van der Waals surface area contributed by atoms with Crippen LogP contribution in [0.15, 0.2) is 18.2 Å². The maximum Gasteiger partial charge on any atom is 0.341 e. The zero-order valence-electron chi connectivity index (χ0n) is 10.4. The number of esters is 1. The smallest absolute Gasteiger partial charge is 0.341 e. The second-order valence-corrected chi connectivity index (χ2v) is 3.77. The molecule has 94 valence electrons. The molecule has 0 atom stereocenters. The number of unbranched alkanes of at least 4 members (excludes halogenated alkanes) is 2. The van der Waals surface area contributed by atoms with Crippen molar-refractivity contribution in [2.75, 3.05) is 19.5 Å². The molecule has 4 heteroatoms. The number of benzene rings is 1. The van der Waals surface area contributed by atoms with Gasteiger partial charge in [-0.2, -0.15) is 0 Å². The van der Waals surface area contributed by atoms with Gasteiger partial charge in [-0.3, -0.25) is 0 Å². The first-order valence-electron chi connectivity index (χ1n) is 5.80. The van der Waals surface area contributed by atoms with Crippen LogP contribution in [-0.2, 0) is 4.74 Å². The summed E-state index contributed by atoms with van der Waals surface area (Å²) in [5, 5.41) is 0. The van der Waals surface area contributed by atoms with Gasteiger partial charge in [-0.15, -0.1) is 0 Å². The number of nitrogens with two attached hydrogens (primary N) is 1. The summed E-state index contributed by atoms with van der Waals surface area (Å²) in [5.41, 5.74) is 6.64. The zero-order chi connectivity index (χ0) is 12.7. The lowest BCUT2D eigenvalue weighted by atomic mass is 10.1. The first kappa shape index (κ1) is 13.4. The van der Waals surface area contributed by atoms with Crippen molar-refractivity contribution in [2.45, 2.75) is 26.2 Å². The molecule has 0 radical (unpaired) electrons. The molecule has 0 saturated heterocycles. The highest BCUT2D eigenvalue weighted by atomic mass is 16.5. The number of rotatable bonds is 6. The van der Waals surface area contributed by atoms with E-state index in [0.29, 0.717) is 23.6 Å². The topological polar surface area (TPSA) is 61.5 Å². The average Bonchev–Trinajstić information content (AvgIpc) is 2.35. The summed E-state index contributed by atoms with van der Waals surface area (Å²) < 4.78 is 10.3. The van der Waals surface area contributed by atoms with Crippen molar-refractivity contribution < 1.29 is 14.3 Å². The molecule has 2 N–H and O–H groups in total. The largest absolute Gasteiger partial charge is 0.491 e. The van der Waals surface area contributed by atoms with Crippen LogP contribution >= 0.6 is 0 Å². The zero-order valence-corrected chi connectivity index (χ0v) is 10.4. The molecule has 0 fully saturated rings. The van der Waals surface area contributed by atoms with Crippen molar-refractivity contribution in [3.63, 3.8) is 0 Å². The van der Waals surface area contributed by atoms with Crippen LogP contribution < -0.4 is 10.5 Å². The molecule has 1 rings (SSSR count). The normalized spacial score (nSPS) is 10.0. The van der Waals surface area contributed by atoms with Gasteiger partial charge in [-0.05, 0) is 18.6 Å². The van der Waals surface area contributed by atoms with Crippen LogP contribution in [0.4, 0.5) is 5.69 Å². The quantitative estimate of drug-likeness (QED) is 0.469. The highest BCUT2D eigenvalue weighted by Crippen LogP contribution is 2.27. The van der Waals surface area contributed by atoms with E-state index >= 15 is 0 Å². The average molecular weight is 237 g/mol. The van der Waals surface area contributed by atoms with E-state index in [2.05, 4.69) is 11.7 Å². The van der Waals surface area contributed by atoms with Gasteiger partial charge in [0.2, 0.25) is 0 Å². The fourth-order valence-electron chi connectivity index (χ4n) is 1.51. The summed E-state index contributed by atoms with van der Waals surface area (Å²) in [5.74, 6) is -0.00163. The summed E-state index contributed by atoms with van der Waals surface area (Å²) in [6.45, 7) is 2.68. The number of hydrogen-bond acceptors (Lipinski definition) is 4. The maximum atomic E-state index is 11.5. The van der Waals surface area contributed by atoms with Crippen LogP contribution in [0.5, 0.6) is 5.75 Å². The standard InChI is InChI=1S/C13H19NO3/c1-3-4-5-9-17-12-10(13(15)16-2)7-6-8-11(12)14/h6-8H,3-5,9,14H2,1-2H3. The predicted molar refractivity (Wildman–Crippen MR) is 67.2 cm³/mol. The van der Waals surface area contributed by atoms with Crippen LogP contribution in [0.3, 0.4) is 0 Å². The van der Waals surface area contributed by atoms with Crippen LogP contribution in [0.2, 0.25) is 0 Å². The number of carbonyl (C=O) groups is 1. The lowest BCUT2D eigenvalue weighted by Gasteiger charge is -2.12. The Balaban J connectivity index is 2.77. The van der Waals surface area contributed by atoms with E-state index in [1.165, 1.54) is 7.11 Å². The number of methoxy groups -OCH3 is 1. The fraction of sp³-hybridized carbons (Fsp3) is 0.462. The summed E-state index contributed by atoms with van der Waals surface area (Å²) in [6, 6.07) is 5.07. The lowest BCUT2D eigenvalue weighted by molar-refractivity contribution is 0.0596. The number of anilines is 1. The summed E-state index contributed by atoms with van der Waals surface area (Å²) in [6.07, 6.45) is 3.17. The Labute approximate surface area is 102 Å². The SMILES string of the molecule is CCCCCOc1c(N)cccc1C(=O)OC. The van der Waals surface area contributed by atoms with Gasteiger partial charge >= 0.3 is 5.97 Å². The first-order valence-corrected chi connectivity index (χ1v) is 5.80. The third kappa shape index (κ3) is 3.66. The van der Waals surface area contributed by atoms with E-state index in [1.54, 1.807) is 18.2 Å². The highest BCUT2D eigenvalue weighted by molar-refractivity contribution is 5.94. The molecule has 0 unspecified atom stereocenters. The molecule has 0 aliphatic rings. The lowest BCUT2D eigenvalue weighted by Crippen LogP contribution is -2.08. The van der Waals surface area contributed by atoms with E-state index in [9.17, 15) is 4.79 Å². The van der Waals surface area contributed by atoms with Gasteiger partial charge in [0.15, 0.2) is 5.75 Å². The molecule has 0 amide bonds. The minimum Gasteiger partial charge on any atom is -0.491 e. The summed E-state index contributed by atoms with van der Waals surface area (Å²) in [4.78, 5) is 11.5. The van der Waals surface area contributed by atoms with Gasteiger partial charge < -0.3 is 15.2 Å². The van der Waals surface area contributed by atoms with Gasteiger partial charge in [0.1, 0.15) is 5.56 Å². The van der Waals surface area contributed by atoms with Crippen LogP contribution in [0, 0.1) is 0 Å². The van der Waals surface area contributed by atoms with Crippen LogP contribution in [0.1, 0.15) is 36.5 Å². The van der Waals surface area contributed by atoms with Crippen LogP contribution in [0.25, 0.3) is 0 Å². The van der Waals surface area contributed by atoms with E-state index in [4.69, 9.17) is 10.5 Å². The van der Waals surface area contributed by atoms with Crippen molar-refractivity contribution in [1.29, 1.82) is 0 Å². The van der Waals surface area contributed by atoms with Crippen molar-refractivity contribution >= 4 is 11.7 Å². The van der Waals surface area contributed by atoms with E-state index < -0.39 is 5.97 Å². The Morgan fingerprint density at radius 1 is 1.35 bits per heavy atom. The predicted octanol–water partition coefficient (Wildman–Crippen LogP) is 2.62. The Morgan fingerprint density at radius 2 is 2.12 bits per heavy atom. The van der Waals surface area contributed by atoms with Gasteiger partial charge in [0.25, 0.3) is 0 Å². The van der Waals surface area contributed by atoms with Gasteiger partial charge in [-0.25, -0.2) is 4.79 Å². The fourth-order valence-corrected chi connectivity index (χ4v) is 1.51. The third-order valence-electron chi connectivity index (χ3n) is 2.45. The molecule has 0 spiro atoms. The Kier molecular flexibility index (Phi) is 5.33. The Hall–Kier alpha value is -1.71. The van der Waals surface area contributed by atoms with Gasteiger partial charge in [0, 0.05) is 0 Å². The molecular formula is C13H19NO3. The molecule has 0 saturated carbocycles. The van der Waals surface area contributed by atoms with Crippen molar-refractivity contribution in [1.82, 2.24) is 0 Å². The number of para-hydroxylation sites is 1. The molecule has 17 heavy (non-hydrogen) atoms. The molecule has 0 aliphatic carbocycles. The molecule has 0 aliphatic heterocycles. The van der Waals surface area contributed by atoms with E-state index in [0.717, 1.165) is 19.3 Å². The van der Waals surface area contributed by atoms with Crippen molar-refractivity contribution in [3.05, 3.63) is 23.8 Å². The minimum atomic E-state index is -0.428. The molecule has 1 aromatic carbocycles. The van der Waals surface area contributed by atoms with E-state index in [1.807, 2.05) is 0 Å². The molecule has 0 bridgehead atoms. The second-order valence-electron chi connectivity index (χ2n) is 3.77. The second kappa shape index (κ2) is 6.78. The molecule has 0 heterocycles. The minimum absolute atomic E-state index is 0.379. The number of ether oxygens (including phenoxy) is 2. The Morgan fingerprint density at radius 3 is 2.76 bits per heavy atom.